The van der Waals surface area contributed by atoms with Gasteiger partial charge in [0.05, 0.1) is 0 Å². The van der Waals surface area contributed by atoms with E-state index in [0.717, 1.165) is 13.0 Å². The molecule has 0 aromatic rings. The van der Waals surface area contributed by atoms with E-state index in [4.69, 9.17) is 0 Å². The summed E-state index contributed by atoms with van der Waals surface area (Å²) >= 11 is 3.53. The molecule has 0 saturated heterocycles. The van der Waals surface area contributed by atoms with E-state index in [-0.39, 0.29) is 0 Å². The van der Waals surface area contributed by atoms with Crippen molar-refractivity contribution >= 4 is 15.9 Å². The summed E-state index contributed by atoms with van der Waals surface area (Å²) in [7, 11) is 0. The van der Waals surface area contributed by atoms with Crippen molar-refractivity contribution in [2.45, 2.75) is 26.7 Å². The van der Waals surface area contributed by atoms with Crippen molar-refractivity contribution in [3.63, 3.8) is 0 Å². The zero-order valence-electron chi connectivity index (χ0n) is 8.23. The Morgan fingerprint density at radius 3 is 3.00 bits per heavy atom. The SMILES string of the molecule is CCCNC1=CC=CC(Br)=C(C)C1. The van der Waals surface area contributed by atoms with Gasteiger partial charge in [0.1, 0.15) is 0 Å². The monoisotopic (exact) mass is 241 g/mol. The minimum atomic E-state index is 1.02. The molecule has 1 nitrogen and oxygen atoms in total. The Morgan fingerprint density at radius 2 is 2.31 bits per heavy atom. The molecule has 1 aliphatic carbocycles. The average molecular weight is 242 g/mol. The van der Waals surface area contributed by atoms with Crippen LogP contribution in [0.2, 0.25) is 0 Å². The van der Waals surface area contributed by atoms with Crippen molar-refractivity contribution < 1.29 is 0 Å². The van der Waals surface area contributed by atoms with Crippen molar-refractivity contribution in [3.8, 4) is 0 Å². The molecule has 0 unspecified atom stereocenters. The first-order valence-corrected chi connectivity index (χ1v) is 5.49. The quantitative estimate of drug-likeness (QED) is 0.798. The molecular weight excluding hydrogens is 226 g/mol. The third kappa shape index (κ3) is 3.39. The summed E-state index contributed by atoms with van der Waals surface area (Å²) in [5.41, 5.74) is 2.69. The second-order valence-electron chi connectivity index (χ2n) is 3.28. The van der Waals surface area contributed by atoms with Gasteiger partial charge in [-0.3, -0.25) is 0 Å². The van der Waals surface area contributed by atoms with Gasteiger partial charge >= 0.3 is 0 Å². The maximum atomic E-state index is 3.53. The van der Waals surface area contributed by atoms with Gasteiger partial charge in [0.2, 0.25) is 0 Å². The van der Waals surface area contributed by atoms with Crippen LogP contribution in [0.1, 0.15) is 26.7 Å². The summed E-state index contributed by atoms with van der Waals surface area (Å²) in [5, 5.41) is 3.42. The van der Waals surface area contributed by atoms with Gasteiger partial charge < -0.3 is 5.32 Å². The van der Waals surface area contributed by atoms with Crippen LogP contribution in [0.4, 0.5) is 0 Å². The van der Waals surface area contributed by atoms with E-state index in [1.165, 1.54) is 22.2 Å². The lowest BCUT2D eigenvalue weighted by atomic mass is 10.1. The number of hydrogen-bond donors (Lipinski definition) is 1. The molecule has 0 radical (unpaired) electrons. The topological polar surface area (TPSA) is 12.0 Å². The number of hydrogen-bond acceptors (Lipinski definition) is 1. The van der Waals surface area contributed by atoms with Crippen LogP contribution in [0.15, 0.2) is 34.0 Å². The van der Waals surface area contributed by atoms with E-state index in [1.807, 2.05) is 0 Å². The minimum absolute atomic E-state index is 1.02. The Morgan fingerprint density at radius 1 is 1.54 bits per heavy atom. The standard InChI is InChI=1S/C11H16BrN/c1-3-7-13-10-5-4-6-11(12)9(2)8-10/h4-6,13H,3,7-8H2,1-2H3. The van der Waals surface area contributed by atoms with Gasteiger partial charge in [-0.1, -0.05) is 34.5 Å². The number of halogens is 1. The maximum Gasteiger partial charge on any atom is 0.0168 e. The van der Waals surface area contributed by atoms with Crippen molar-refractivity contribution in [2.24, 2.45) is 0 Å². The molecule has 1 aliphatic rings. The lowest BCUT2D eigenvalue weighted by molar-refractivity contribution is 0.748. The molecular formula is C11H16BrN. The minimum Gasteiger partial charge on any atom is -0.388 e. The number of rotatable bonds is 3. The van der Waals surface area contributed by atoms with Gasteiger partial charge in [0.15, 0.2) is 0 Å². The summed E-state index contributed by atoms with van der Waals surface area (Å²) < 4.78 is 1.21. The third-order valence-corrected chi connectivity index (χ3v) is 2.95. The highest BCUT2D eigenvalue weighted by atomic mass is 79.9. The fraction of sp³-hybridized carbons (Fsp3) is 0.455. The van der Waals surface area contributed by atoms with Crippen LogP contribution in [-0.4, -0.2) is 6.54 Å². The van der Waals surface area contributed by atoms with Gasteiger partial charge in [0, 0.05) is 23.1 Å². The predicted octanol–water partition coefficient (Wildman–Crippen LogP) is 3.50. The molecule has 0 fully saturated rings. The molecule has 0 aromatic heterocycles. The maximum absolute atomic E-state index is 3.53. The molecule has 0 aromatic carbocycles. The summed E-state index contributed by atoms with van der Waals surface area (Å²) in [6.07, 6.45) is 8.51. The Balaban J connectivity index is 2.60. The highest BCUT2D eigenvalue weighted by Crippen LogP contribution is 2.21. The second kappa shape index (κ2) is 5.28. The highest BCUT2D eigenvalue weighted by Gasteiger charge is 2.02. The number of allylic oxidation sites excluding steroid dienone is 5. The lowest BCUT2D eigenvalue weighted by Crippen LogP contribution is -2.13. The van der Waals surface area contributed by atoms with Crippen molar-refractivity contribution in [3.05, 3.63) is 34.0 Å². The Kier molecular flexibility index (Phi) is 4.29. The molecule has 0 heterocycles. The van der Waals surface area contributed by atoms with Crippen LogP contribution < -0.4 is 5.32 Å². The molecule has 0 amide bonds. The summed E-state index contributed by atoms with van der Waals surface area (Å²) in [6, 6.07) is 0. The van der Waals surface area contributed by atoms with E-state index in [0.29, 0.717) is 0 Å². The Labute approximate surface area is 88.7 Å². The molecule has 0 bridgehead atoms. The van der Waals surface area contributed by atoms with Gasteiger partial charge in [-0.2, -0.15) is 0 Å². The normalized spacial score (nSPS) is 17.0. The molecule has 0 spiro atoms. The van der Waals surface area contributed by atoms with Gasteiger partial charge in [0.25, 0.3) is 0 Å². The molecule has 1 N–H and O–H groups in total. The van der Waals surface area contributed by atoms with Crippen LogP contribution in [0.3, 0.4) is 0 Å². The summed E-state index contributed by atoms with van der Waals surface area (Å²) in [5.74, 6) is 0. The predicted molar refractivity (Wildman–Crippen MR) is 61.8 cm³/mol. The first kappa shape index (κ1) is 10.6. The largest absolute Gasteiger partial charge is 0.388 e. The molecule has 13 heavy (non-hydrogen) atoms. The Hall–Kier alpha value is -0.500. The zero-order chi connectivity index (χ0) is 9.68. The average Bonchev–Trinajstić information content (AvgIpc) is 2.26. The fourth-order valence-corrected chi connectivity index (χ4v) is 1.52. The van der Waals surface area contributed by atoms with Crippen LogP contribution in [-0.2, 0) is 0 Å². The first-order valence-electron chi connectivity index (χ1n) is 4.70. The number of nitrogens with one attached hydrogen (secondary N) is 1. The van der Waals surface area contributed by atoms with Gasteiger partial charge in [-0.15, -0.1) is 0 Å². The van der Waals surface area contributed by atoms with Gasteiger partial charge in [-0.05, 0) is 25.5 Å². The smallest absolute Gasteiger partial charge is 0.0168 e. The van der Waals surface area contributed by atoms with Crippen LogP contribution in [0.25, 0.3) is 0 Å². The van der Waals surface area contributed by atoms with E-state index < -0.39 is 0 Å². The van der Waals surface area contributed by atoms with Crippen molar-refractivity contribution in [2.75, 3.05) is 6.54 Å². The molecule has 2 heteroatoms. The van der Waals surface area contributed by atoms with E-state index in [1.54, 1.807) is 0 Å². The summed E-state index contributed by atoms with van der Waals surface area (Å²) in [6.45, 7) is 5.39. The van der Waals surface area contributed by atoms with Gasteiger partial charge in [-0.25, -0.2) is 0 Å². The first-order chi connectivity index (χ1) is 6.24. The van der Waals surface area contributed by atoms with Crippen LogP contribution >= 0.6 is 15.9 Å². The van der Waals surface area contributed by atoms with Crippen molar-refractivity contribution in [1.29, 1.82) is 0 Å². The molecule has 0 aliphatic heterocycles. The summed E-state index contributed by atoms with van der Waals surface area (Å²) in [4.78, 5) is 0. The van der Waals surface area contributed by atoms with E-state index in [9.17, 15) is 0 Å². The third-order valence-electron chi connectivity index (χ3n) is 2.01. The van der Waals surface area contributed by atoms with E-state index >= 15 is 0 Å². The molecule has 0 atom stereocenters. The van der Waals surface area contributed by atoms with Crippen molar-refractivity contribution in [1.82, 2.24) is 5.32 Å². The lowest BCUT2D eigenvalue weighted by Gasteiger charge is -2.09. The van der Waals surface area contributed by atoms with Crippen LogP contribution in [0.5, 0.6) is 0 Å². The molecule has 1 rings (SSSR count). The fourth-order valence-electron chi connectivity index (χ4n) is 1.23. The molecule has 0 saturated carbocycles. The zero-order valence-corrected chi connectivity index (χ0v) is 9.82. The van der Waals surface area contributed by atoms with E-state index in [2.05, 4.69) is 53.3 Å². The second-order valence-corrected chi connectivity index (χ2v) is 4.14. The molecule has 72 valence electrons. The Bertz CT molecular complexity index is 261. The van der Waals surface area contributed by atoms with Crippen LogP contribution in [0, 0.1) is 0 Å². The highest BCUT2D eigenvalue weighted by molar-refractivity contribution is 9.11.